The molecule has 0 fully saturated rings. The van der Waals surface area contributed by atoms with Crippen LogP contribution in [0.2, 0.25) is 0 Å². The fourth-order valence-corrected chi connectivity index (χ4v) is 2.32. The number of non-ortho nitro benzene ring substituents is 1. The van der Waals surface area contributed by atoms with E-state index < -0.39 is 16.4 Å². The Kier molecular flexibility index (Phi) is 5.27. The van der Waals surface area contributed by atoms with Gasteiger partial charge >= 0.3 is 0 Å². The summed E-state index contributed by atoms with van der Waals surface area (Å²) in [5.41, 5.74) is 0.158. The molecule has 0 aliphatic rings. The average molecular weight is 353 g/mol. The number of aromatic hydroxyl groups is 1. The fourth-order valence-electron chi connectivity index (χ4n) is 2.32. The van der Waals surface area contributed by atoms with Crippen molar-refractivity contribution in [3.63, 3.8) is 0 Å². The lowest BCUT2D eigenvalue weighted by molar-refractivity contribution is -0.384. The van der Waals surface area contributed by atoms with E-state index in [-0.39, 0.29) is 29.0 Å². The fraction of sp³-hybridized carbons (Fsp3) is 0.176. The van der Waals surface area contributed by atoms with Crippen LogP contribution in [0, 0.1) is 35.3 Å². The summed E-state index contributed by atoms with van der Waals surface area (Å²) in [7, 11) is 0. The smallest absolute Gasteiger partial charge is 0.281 e. The first-order valence-corrected chi connectivity index (χ1v) is 7.46. The van der Waals surface area contributed by atoms with E-state index in [9.17, 15) is 25.3 Å². The number of hydrogen-bond donors (Lipinski definition) is 1. The van der Waals surface area contributed by atoms with Gasteiger partial charge in [0.2, 0.25) is 5.88 Å². The highest BCUT2D eigenvalue weighted by Crippen LogP contribution is 2.29. The third-order valence-electron chi connectivity index (χ3n) is 3.73. The lowest BCUT2D eigenvalue weighted by Crippen LogP contribution is -2.21. The van der Waals surface area contributed by atoms with Crippen molar-refractivity contribution in [1.29, 1.82) is 5.26 Å². The Morgan fingerprint density at radius 2 is 2.12 bits per heavy atom. The first-order chi connectivity index (χ1) is 12.3. The third kappa shape index (κ3) is 3.34. The van der Waals surface area contributed by atoms with E-state index in [2.05, 4.69) is 16.8 Å². The van der Waals surface area contributed by atoms with Crippen molar-refractivity contribution < 1.29 is 10.0 Å². The molecule has 132 valence electrons. The molecular weight excluding hydrogens is 338 g/mol. The highest BCUT2D eigenvalue weighted by molar-refractivity contribution is 5.57. The molecule has 1 heterocycles. The molecule has 0 radical (unpaired) electrons. The summed E-state index contributed by atoms with van der Waals surface area (Å²) in [6.45, 7) is 6.62. The number of aromatic nitrogens is 1. The summed E-state index contributed by atoms with van der Waals surface area (Å²) >= 11 is 0. The summed E-state index contributed by atoms with van der Waals surface area (Å²) < 4.78 is 0.968. The molecule has 0 amide bonds. The third-order valence-corrected chi connectivity index (χ3v) is 3.73. The number of pyridine rings is 1. The molecule has 1 N–H and O–H groups in total. The van der Waals surface area contributed by atoms with Crippen molar-refractivity contribution in [2.24, 2.45) is 10.2 Å². The standard InChI is InChI=1S/C17H15N5O4/c1-4-7-21-16(23)13(9-18)11(3)15(17(21)24)20-19-14-6-5-12(22(25)26)8-10(14)2/h4-6,8,23H,1,7H2,2-3H3. The van der Waals surface area contributed by atoms with Gasteiger partial charge in [0.1, 0.15) is 11.6 Å². The van der Waals surface area contributed by atoms with Gasteiger partial charge < -0.3 is 5.11 Å². The van der Waals surface area contributed by atoms with Gasteiger partial charge in [-0.2, -0.15) is 10.4 Å². The monoisotopic (exact) mass is 353 g/mol. The summed E-state index contributed by atoms with van der Waals surface area (Å²) in [5.74, 6) is -0.458. The first-order valence-electron chi connectivity index (χ1n) is 7.46. The van der Waals surface area contributed by atoms with Gasteiger partial charge in [-0.15, -0.1) is 11.7 Å². The summed E-state index contributed by atoms with van der Waals surface area (Å²) in [5, 5.41) is 38.0. The molecule has 0 aliphatic heterocycles. The Bertz CT molecular complexity index is 1030. The SMILES string of the molecule is C=CCn1c(O)c(C#N)c(C)c(N=Nc2ccc([N+](=O)[O-])cc2C)c1=O. The minimum atomic E-state index is -0.623. The van der Waals surface area contributed by atoms with Gasteiger partial charge in [0.25, 0.3) is 11.2 Å². The molecule has 1 aromatic carbocycles. The lowest BCUT2D eigenvalue weighted by atomic mass is 10.1. The molecule has 1 aromatic heterocycles. The zero-order valence-corrected chi connectivity index (χ0v) is 14.1. The Labute approximate surface area is 148 Å². The normalized spacial score (nSPS) is 10.7. The second kappa shape index (κ2) is 7.40. The van der Waals surface area contributed by atoms with Crippen LogP contribution in [0.1, 0.15) is 16.7 Å². The highest BCUT2D eigenvalue weighted by atomic mass is 16.6. The number of benzene rings is 1. The molecule has 0 spiro atoms. The molecule has 0 aliphatic carbocycles. The number of nitro benzene ring substituents is 1. The minimum absolute atomic E-state index is 0.00128. The van der Waals surface area contributed by atoms with E-state index in [4.69, 9.17) is 0 Å². The van der Waals surface area contributed by atoms with Crippen molar-refractivity contribution in [2.75, 3.05) is 0 Å². The number of aryl methyl sites for hydroxylation is 1. The van der Waals surface area contributed by atoms with Gasteiger partial charge in [0.15, 0.2) is 5.69 Å². The lowest BCUT2D eigenvalue weighted by Gasteiger charge is -2.11. The molecular formula is C17H15N5O4. The minimum Gasteiger partial charge on any atom is -0.493 e. The molecule has 0 bridgehead atoms. The summed E-state index contributed by atoms with van der Waals surface area (Å²) in [6.07, 6.45) is 1.40. The molecule has 26 heavy (non-hydrogen) atoms. The molecule has 2 aromatic rings. The van der Waals surface area contributed by atoms with Crippen LogP contribution in [0.3, 0.4) is 0 Å². The molecule has 0 saturated carbocycles. The van der Waals surface area contributed by atoms with Crippen molar-refractivity contribution in [2.45, 2.75) is 20.4 Å². The molecule has 9 heteroatoms. The molecule has 0 saturated heterocycles. The van der Waals surface area contributed by atoms with Gasteiger partial charge in [-0.25, -0.2) is 0 Å². The topological polar surface area (TPSA) is 134 Å². The molecule has 0 atom stereocenters. The first kappa shape index (κ1) is 18.5. The molecule has 9 nitrogen and oxygen atoms in total. The van der Waals surface area contributed by atoms with E-state index in [1.54, 1.807) is 6.92 Å². The quantitative estimate of drug-likeness (QED) is 0.379. The second-order valence-electron chi connectivity index (χ2n) is 5.42. The van der Waals surface area contributed by atoms with Crippen LogP contribution < -0.4 is 5.56 Å². The molecule has 0 unspecified atom stereocenters. The Morgan fingerprint density at radius 1 is 1.42 bits per heavy atom. The number of rotatable bonds is 5. The van der Waals surface area contributed by atoms with Crippen LogP contribution in [0.25, 0.3) is 0 Å². The van der Waals surface area contributed by atoms with Gasteiger partial charge in [-0.1, -0.05) is 6.08 Å². The zero-order chi connectivity index (χ0) is 19.4. The number of azo groups is 1. The number of hydrogen-bond acceptors (Lipinski definition) is 7. The van der Waals surface area contributed by atoms with Gasteiger partial charge in [-0.05, 0) is 25.5 Å². The van der Waals surface area contributed by atoms with E-state index in [1.807, 2.05) is 6.07 Å². The number of nitriles is 1. The predicted molar refractivity (Wildman–Crippen MR) is 94.0 cm³/mol. The Hall–Kier alpha value is -3.80. The molecule has 2 rings (SSSR count). The average Bonchev–Trinajstić information content (AvgIpc) is 2.60. The Morgan fingerprint density at radius 3 is 2.65 bits per heavy atom. The van der Waals surface area contributed by atoms with E-state index in [0.29, 0.717) is 11.3 Å². The van der Waals surface area contributed by atoms with Crippen LogP contribution >= 0.6 is 0 Å². The predicted octanol–water partition coefficient (Wildman–Crippen LogP) is 3.55. The summed E-state index contributed by atoms with van der Waals surface area (Å²) in [4.78, 5) is 22.8. The van der Waals surface area contributed by atoms with Crippen molar-refractivity contribution >= 4 is 17.1 Å². The zero-order valence-electron chi connectivity index (χ0n) is 14.1. The Balaban J connectivity index is 2.60. The van der Waals surface area contributed by atoms with E-state index in [0.717, 1.165) is 4.57 Å². The van der Waals surface area contributed by atoms with Crippen LogP contribution in [0.4, 0.5) is 17.1 Å². The van der Waals surface area contributed by atoms with Crippen LogP contribution in [-0.4, -0.2) is 14.6 Å². The van der Waals surface area contributed by atoms with E-state index in [1.165, 1.54) is 31.2 Å². The maximum absolute atomic E-state index is 12.5. The van der Waals surface area contributed by atoms with Gasteiger partial charge in [-0.3, -0.25) is 19.5 Å². The van der Waals surface area contributed by atoms with E-state index >= 15 is 0 Å². The van der Waals surface area contributed by atoms with Crippen LogP contribution in [-0.2, 0) is 6.54 Å². The number of nitrogens with zero attached hydrogens (tertiary/aromatic N) is 5. The van der Waals surface area contributed by atoms with Crippen LogP contribution in [0.5, 0.6) is 5.88 Å². The van der Waals surface area contributed by atoms with Crippen LogP contribution in [0.15, 0.2) is 45.9 Å². The number of nitro groups is 1. The largest absolute Gasteiger partial charge is 0.493 e. The number of allylic oxidation sites excluding steroid dienone is 1. The highest BCUT2D eigenvalue weighted by Gasteiger charge is 2.18. The van der Waals surface area contributed by atoms with Crippen molar-refractivity contribution in [3.8, 4) is 11.9 Å². The van der Waals surface area contributed by atoms with Crippen molar-refractivity contribution in [3.05, 3.63) is 68.0 Å². The second-order valence-corrected chi connectivity index (χ2v) is 5.42. The maximum Gasteiger partial charge on any atom is 0.281 e. The van der Waals surface area contributed by atoms with Gasteiger partial charge in [0.05, 0.1) is 10.6 Å². The van der Waals surface area contributed by atoms with Crippen molar-refractivity contribution in [1.82, 2.24) is 4.57 Å². The summed E-state index contributed by atoms with van der Waals surface area (Å²) in [6, 6.07) is 5.88. The maximum atomic E-state index is 12.5. The van der Waals surface area contributed by atoms with Gasteiger partial charge in [0, 0.05) is 24.2 Å².